The maximum absolute atomic E-state index is 12.9. The van der Waals surface area contributed by atoms with Gasteiger partial charge < -0.3 is 5.11 Å². The molecule has 124 valence electrons. The lowest BCUT2D eigenvalue weighted by Gasteiger charge is -2.50. The van der Waals surface area contributed by atoms with Gasteiger partial charge in [-0.2, -0.15) is 0 Å². The van der Waals surface area contributed by atoms with Gasteiger partial charge in [-0.25, -0.2) is 0 Å². The summed E-state index contributed by atoms with van der Waals surface area (Å²) in [6.07, 6.45) is 5.73. The molecule has 1 saturated carbocycles. The van der Waals surface area contributed by atoms with Crippen LogP contribution in [-0.4, -0.2) is 16.7 Å². The molecule has 3 rings (SSSR count). The maximum atomic E-state index is 12.9. The van der Waals surface area contributed by atoms with Gasteiger partial charge in [-0.05, 0) is 30.6 Å². The summed E-state index contributed by atoms with van der Waals surface area (Å²) < 4.78 is 0. The van der Waals surface area contributed by atoms with Gasteiger partial charge in [0, 0.05) is 22.1 Å². The van der Waals surface area contributed by atoms with Crippen LogP contribution in [0, 0.1) is 16.7 Å². The third kappa shape index (κ3) is 2.09. The number of carbonyl (C=O) groups excluding carboxylic acids is 2. The van der Waals surface area contributed by atoms with Crippen molar-refractivity contribution in [3.8, 4) is 0 Å². The van der Waals surface area contributed by atoms with Gasteiger partial charge in [0.15, 0.2) is 0 Å². The van der Waals surface area contributed by atoms with Crippen LogP contribution in [0.1, 0.15) is 60.3 Å². The third-order valence-corrected chi connectivity index (χ3v) is 5.96. The van der Waals surface area contributed by atoms with E-state index < -0.39 is 17.0 Å². The Labute approximate surface area is 138 Å². The first-order chi connectivity index (χ1) is 10.6. The van der Waals surface area contributed by atoms with Crippen LogP contribution in [0.3, 0.4) is 0 Å². The highest BCUT2D eigenvalue weighted by Crippen LogP contribution is 2.58. The Morgan fingerprint density at radius 1 is 1.09 bits per heavy atom. The van der Waals surface area contributed by atoms with Crippen molar-refractivity contribution < 1.29 is 14.7 Å². The second kappa shape index (κ2) is 4.93. The highest BCUT2D eigenvalue weighted by Gasteiger charge is 2.51. The van der Waals surface area contributed by atoms with E-state index in [2.05, 4.69) is 26.8 Å². The SMILES string of the molecule is CC(C)C1=C(O)C2=C(C(=O)C1=O)C1(C)CCCC(C)(C)C1=CC2. The number of rotatable bonds is 1. The van der Waals surface area contributed by atoms with Crippen LogP contribution >= 0.6 is 0 Å². The quantitative estimate of drug-likeness (QED) is 0.442. The Kier molecular flexibility index (Phi) is 3.48. The van der Waals surface area contributed by atoms with Gasteiger partial charge in [0.1, 0.15) is 5.76 Å². The van der Waals surface area contributed by atoms with E-state index in [0.29, 0.717) is 17.6 Å². The molecule has 0 amide bonds. The number of fused-ring (bicyclic) bond motifs is 2. The minimum atomic E-state index is -0.512. The number of carbonyl (C=O) groups is 2. The minimum absolute atomic E-state index is 0.0342. The molecule has 0 radical (unpaired) electrons. The molecule has 0 spiro atoms. The normalized spacial score (nSPS) is 30.4. The van der Waals surface area contributed by atoms with Crippen molar-refractivity contribution >= 4 is 11.6 Å². The van der Waals surface area contributed by atoms with E-state index in [-0.39, 0.29) is 22.7 Å². The summed E-state index contributed by atoms with van der Waals surface area (Å²) in [6, 6.07) is 0. The fourth-order valence-corrected chi connectivity index (χ4v) is 4.94. The summed E-state index contributed by atoms with van der Waals surface area (Å²) in [7, 11) is 0. The fourth-order valence-electron chi connectivity index (χ4n) is 4.94. The summed E-state index contributed by atoms with van der Waals surface area (Å²) in [6.45, 7) is 10.2. The van der Waals surface area contributed by atoms with E-state index in [1.54, 1.807) is 0 Å². The molecule has 1 fully saturated rings. The lowest BCUT2D eigenvalue weighted by molar-refractivity contribution is -0.133. The molecule has 0 aromatic rings. The van der Waals surface area contributed by atoms with E-state index in [9.17, 15) is 14.7 Å². The van der Waals surface area contributed by atoms with E-state index in [1.807, 2.05) is 13.8 Å². The summed E-state index contributed by atoms with van der Waals surface area (Å²) in [4.78, 5) is 25.5. The Morgan fingerprint density at radius 2 is 1.74 bits per heavy atom. The van der Waals surface area contributed by atoms with Crippen LogP contribution < -0.4 is 0 Å². The summed E-state index contributed by atoms with van der Waals surface area (Å²) >= 11 is 0. The molecule has 0 aromatic carbocycles. The Bertz CT molecular complexity index is 700. The predicted molar refractivity (Wildman–Crippen MR) is 90.0 cm³/mol. The van der Waals surface area contributed by atoms with Crippen molar-refractivity contribution in [2.24, 2.45) is 16.7 Å². The number of Topliss-reactive ketones (excluding diaryl/α,β-unsaturated/α-hetero) is 2. The Balaban J connectivity index is 2.23. The van der Waals surface area contributed by atoms with Crippen LogP contribution in [0.15, 0.2) is 34.1 Å². The van der Waals surface area contributed by atoms with Gasteiger partial charge >= 0.3 is 0 Å². The number of hydrogen-bond donors (Lipinski definition) is 1. The Hall–Kier alpha value is -1.64. The number of aliphatic hydroxyl groups excluding tert-OH is 1. The molecule has 3 heteroatoms. The van der Waals surface area contributed by atoms with Gasteiger partial charge in [0.25, 0.3) is 0 Å². The molecule has 1 N–H and O–H groups in total. The molecule has 23 heavy (non-hydrogen) atoms. The predicted octanol–water partition coefficient (Wildman–Crippen LogP) is 4.45. The van der Waals surface area contributed by atoms with Crippen molar-refractivity contribution in [1.82, 2.24) is 0 Å². The zero-order valence-corrected chi connectivity index (χ0v) is 14.7. The monoisotopic (exact) mass is 314 g/mol. The van der Waals surface area contributed by atoms with Crippen LogP contribution in [0.5, 0.6) is 0 Å². The number of aliphatic hydroxyl groups is 1. The lowest BCUT2D eigenvalue weighted by atomic mass is 9.53. The maximum Gasteiger partial charge on any atom is 0.233 e. The average Bonchev–Trinajstić information content (AvgIpc) is 2.43. The smallest absolute Gasteiger partial charge is 0.233 e. The van der Waals surface area contributed by atoms with Crippen LogP contribution in [0.4, 0.5) is 0 Å². The van der Waals surface area contributed by atoms with Crippen molar-refractivity contribution in [3.63, 3.8) is 0 Å². The molecule has 0 aliphatic heterocycles. The minimum Gasteiger partial charge on any atom is -0.507 e. The molecule has 0 bridgehead atoms. The van der Waals surface area contributed by atoms with Crippen LogP contribution in [0.2, 0.25) is 0 Å². The number of hydrogen-bond acceptors (Lipinski definition) is 3. The van der Waals surface area contributed by atoms with Gasteiger partial charge in [-0.15, -0.1) is 0 Å². The number of ketones is 2. The van der Waals surface area contributed by atoms with Crippen molar-refractivity contribution in [3.05, 3.63) is 34.1 Å². The standard InChI is InChI=1S/C20H26O3/c1-11(2)14-16(21)12-7-8-13-19(3,4)9-6-10-20(13,5)15(12)18(23)17(14)22/h8,11,21H,6-7,9-10H2,1-5H3. The number of allylic oxidation sites excluding steroid dienone is 5. The largest absolute Gasteiger partial charge is 0.507 e. The highest BCUT2D eigenvalue weighted by atomic mass is 16.3. The summed E-state index contributed by atoms with van der Waals surface area (Å²) in [5.74, 6) is -1.00. The van der Waals surface area contributed by atoms with E-state index in [4.69, 9.17) is 0 Å². The van der Waals surface area contributed by atoms with Crippen molar-refractivity contribution in [2.75, 3.05) is 0 Å². The molecule has 0 heterocycles. The average molecular weight is 314 g/mol. The molecule has 1 atom stereocenters. The van der Waals surface area contributed by atoms with Crippen LogP contribution in [0.25, 0.3) is 0 Å². The molecule has 3 aliphatic rings. The highest BCUT2D eigenvalue weighted by molar-refractivity contribution is 6.50. The van der Waals surface area contributed by atoms with E-state index >= 15 is 0 Å². The fraction of sp³-hybridized carbons (Fsp3) is 0.600. The molecule has 0 saturated heterocycles. The summed E-state index contributed by atoms with van der Waals surface area (Å²) in [5.41, 5.74) is 2.41. The zero-order valence-electron chi connectivity index (χ0n) is 14.7. The van der Waals surface area contributed by atoms with Gasteiger partial charge in [0.2, 0.25) is 11.6 Å². The first-order valence-electron chi connectivity index (χ1n) is 8.58. The first kappa shape index (κ1) is 16.2. The van der Waals surface area contributed by atoms with E-state index in [0.717, 1.165) is 19.3 Å². The van der Waals surface area contributed by atoms with Crippen molar-refractivity contribution in [1.29, 1.82) is 0 Å². The van der Waals surface area contributed by atoms with E-state index in [1.165, 1.54) is 5.57 Å². The molecule has 3 aliphatic carbocycles. The molecule has 3 nitrogen and oxygen atoms in total. The topological polar surface area (TPSA) is 54.4 Å². The lowest BCUT2D eigenvalue weighted by Crippen LogP contribution is -2.44. The van der Waals surface area contributed by atoms with Gasteiger partial charge in [-0.3, -0.25) is 9.59 Å². The first-order valence-corrected chi connectivity index (χ1v) is 8.58. The van der Waals surface area contributed by atoms with Gasteiger partial charge in [-0.1, -0.05) is 52.7 Å². The van der Waals surface area contributed by atoms with Crippen molar-refractivity contribution in [2.45, 2.75) is 60.3 Å². The Morgan fingerprint density at radius 3 is 2.35 bits per heavy atom. The third-order valence-electron chi connectivity index (χ3n) is 5.96. The summed E-state index contributed by atoms with van der Waals surface area (Å²) in [5, 5.41) is 10.7. The molecule has 0 aromatic heterocycles. The zero-order chi connectivity index (χ0) is 17.2. The second-order valence-corrected chi connectivity index (χ2v) is 8.32. The molecular formula is C20H26O3. The van der Waals surface area contributed by atoms with Crippen LogP contribution in [-0.2, 0) is 9.59 Å². The molecule has 1 unspecified atom stereocenters. The molecular weight excluding hydrogens is 288 g/mol. The van der Waals surface area contributed by atoms with Gasteiger partial charge in [0.05, 0.1) is 0 Å². The second-order valence-electron chi connectivity index (χ2n) is 8.32.